The number of nitrogens with zero attached hydrogens (tertiary/aromatic N) is 3. The van der Waals surface area contributed by atoms with E-state index in [-0.39, 0.29) is 17.9 Å². The van der Waals surface area contributed by atoms with Crippen molar-refractivity contribution in [3.63, 3.8) is 0 Å². The van der Waals surface area contributed by atoms with Crippen LogP contribution in [0.25, 0.3) is 17.0 Å². The summed E-state index contributed by atoms with van der Waals surface area (Å²) >= 11 is 0. The number of anilines is 1. The van der Waals surface area contributed by atoms with E-state index < -0.39 is 17.7 Å². The van der Waals surface area contributed by atoms with Crippen LogP contribution in [0.1, 0.15) is 34.7 Å². The number of rotatable bonds is 2. The molecule has 0 unspecified atom stereocenters. The number of hydrogen-bond acceptors (Lipinski definition) is 3. The van der Waals surface area contributed by atoms with Gasteiger partial charge in [0.2, 0.25) is 11.9 Å². The summed E-state index contributed by atoms with van der Waals surface area (Å²) in [7, 11) is 0. The monoisotopic (exact) mass is 411 g/mol. The zero-order chi connectivity index (χ0) is 21.0. The molecule has 0 aliphatic carbocycles. The molecule has 0 fully saturated rings. The predicted octanol–water partition coefficient (Wildman–Crippen LogP) is 4.55. The largest absolute Gasteiger partial charge is 0.416 e. The van der Waals surface area contributed by atoms with Gasteiger partial charge in [-0.3, -0.25) is 4.79 Å². The van der Waals surface area contributed by atoms with Crippen molar-refractivity contribution in [3.05, 3.63) is 70.9 Å². The summed E-state index contributed by atoms with van der Waals surface area (Å²) < 4.78 is 42.3. The highest BCUT2D eigenvalue weighted by molar-refractivity contribution is 5.95. The highest BCUT2D eigenvalue weighted by atomic mass is 19.4. The molecule has 1 aliphatic heterocycles. The molecule has 0 spiro atoms. The van der Waals surface area contributed by atoms with Crippen LogP contribution in [0.3, 0.4) is 0 Å². The molecule has 0 radical (unpaired) electrons. The molecule has 1 amide bonds. The van der Waals surface area contributed by atoms with Gasteiger partial charge in [0.1, 0.15) is 5.82 Å². The van der Waals surface area contributed by atoms with Crippen LogP contribution in [0.5, 0.6) is 0 Å². The Morgan fingerprint density at radius 2 is 1.83 bits per heavy atom. The number of halogens is 3. The average molecular weight is 411 g/mol. The van der Waals surface area contributed by atoms with Gasteiger partial charge in [0, 0.05) is 17.9 Å². The number of para-hydroxylation sites is 2. The second-order valence-corrected chi connectivity index (χ2v) is 7.23. The SMILES string of the molecule is Cc1nn(-c2nc3ccccc3[nH]2)c2c1[C@@H](c1ccccc1C(F)(F)F)CC(=O)N2. The predicted molar refractivity (Wildman–Crippen MR) is 104 cm³/mol. The van der Waals surface area contributed by atoms with Gasteiger partial charge in [-0.15, -0.1) is 0 Å². The number of aromatic amines is 1. The van der Waals surface area contributed by atoms with Gasteiger partial charge in [-0.25, -0.2) is 4.98 Å². The molecule has 1 aliphatic rings. The fourth-order valence-electron chi connectivity index (χ4n) is 4.06. The number of carbonyl (C=O) groups excluding carboxylic acids is 1. The second-order valence-electron chi connectivity index (χ2n) is 7.23. The molecule has 0 saturated carbocycles. The quantitative estimate of drug-likeness (QED) is 0.508. The van der Waals surface area contributed by atoms with Crippen molar-refractivity contribution >= 4 is 22.8 Å². The Labute approximate surface area is 168 Å². The number of hydrogen-bond donors (Lipinski definition) is 2. The van der Waals surface area contributed by atoms with Gasteiger partial charge >= 0.3 is 6.18 Å². The van der Waals surface area contributed by atoms with Crippen LogP contribution in [0.4, 0.5) is 19.0 Å². The minimum absolute atomic E-state index is 0.0633. The number of amides is 1. The third-order valence-corrected chi connectivity index (χ3v) is 5.32. The molecular weight excluding hydrogens is 395 g/mol. The summed E-state index contributed by atoms with van der Waals surface area (Å²) in [6.45, 7) is 1.72. The van der Waals surface area contributed by atoms with Crippen LogP contribution < -0.4 is 5.32 Å². The smallest absolute Gasteiger partial charge is 0.322 e. The first-order valence-corrected chi connectivity index (χ1v) is 9.33. The molecule has 4 aromatic rings. The van der Waals surface area contributed by atoms with Crippen LogP contribution in [0, 0.1) is 6.92 Å². The minimum Gasteiger partial charge on any atom is -0.322 e. The van der Waals surface area contributed by atoms with Gasteiger partial charge in [-0.2, -0.15) is 23.0 Å². The third-order valence-electron chi connectivity index (χ3n) is 5.32. The molecule has 2 aromatic heterocycles. The Morgan fingerprint density at radius 1 is 1.10 bits per heavy atom. The van der Waals surface area contributed by atoms with Crippen LogP contribution in [0.15, 0.2) is 48.5 Å². The Hall–Kier alpha value is -3.62. The first-order valence-electron chi connectivity index (χ1n) is 9.33. The number of imidazole rings is 1. The summed E-state index contributed by atoms with van der Waals surface area (Å²) in [6, 6.07) is 12.8. The normalized spacial score (nSPS) is 16.5. The molecule has 3 heterocycles. The van der Waals surface area contributed by atoms with E-state index in [2.05, 4.69) is 20.4 Å². The van der Waals surface area contributed by atoms with Crippen LogP contribution in [0.2, 0.25) is 0 Å². The molecule has 9 heteroatoms. The first-order chi connectivity index (χ1) is 14.3. The zero-order valence-electron chi connectivity index (χ0n) is 15.8. The molecule has 30 heavy (non-hydrogen) atoms. The summed E-state index contributed by atoms with van der Waals surface area (Å²) in [4.78, 5) is 20.1. The summed E-state index contributed by atoms with van der Waals surface area (Å²) in [5.74, 6) is -0.415. The lowest BCUT2D eigenvalue weighted by Gasteiger charge is -2.26. The van der Waals surface area contributed by atoms with E-state index in [1.165, 1.54) is 16.8 Å². The number of H-pyrrole nitrogens is 1. The Kier molecular flexibility index (Phi) is 3.96. The van der Waals surface area contributed by atoms with E-state index in [0.29, 0.717) is 23.0 Å². The number of nitrogens with one attached hydrogen (secondary N) is 2. The average Bonchev–Trinajstić information content (AvgIpc) is 3.28. The maximum absolute atomic E-state index is 13.6. The molecule has 152 valence electrons. The fraction of sp³-hybridized carbons (Fsp3) is 0.190. The maximum atomic E-state index is 13.6. The lowest BCUT2D eigenvalue weighted by atomic mass is 9.83. The summed E-state index contributed by atoms with van der Waals surface area (Å²) in [5, 5.41) is 7.26. The summed E-state index contributed by atoms with van der Waals surface area (Å²) in [6.07, 6.45) is -4.61. The standard InChI is InChI=1S/C21H16F3N5O/c1-11-18-13(12-6-2-3-7-14(12)21(22,23)24)10-17(30)27-19(18)29(28-11)20-25-15-8-4-5-9-16(15)26-20/h2-9,13H,10H2,1H3,(H,25,26)(H,27,30)/t13-/m1/s1. The Bertz CT molecular complexity index is 1250. The van der Waals surface area contributed by atoms with Crippen molar-refractivity contribution in [1.82, 2.24) is 19.7 Å². The van der Waals surface area contributed by atoms with Crippen LogP contribution in [-0.4, -0.2) is 25.7 Å². The van der Waals surface area contributed by atoms with E-state index in [0.717, 1.165) is 17.1 Å². The highest BCUT2D eigenvalue weighted by Gasteiger charge is 2.39. The van der Waals surface area contributed by atoms with Gasteiger partial charge < -0.3 is 10.3 Å². The van der Waals surface area contributed by atoms with Crippen molar-refractivity contribution in [2.45, 2.75) is 25.4 Å². The molecule has 2 aromatic carbocycles. The molecular formula is C21H16F3N5O. The van der Waals surface area contributed by atoms with Gasteiger partial charge in [0.05, 0.1) is 22.3 Å². The lowest BCUT2D eigenvalue weighted by molar-refractivity contribution is -0.138. The number of aryl methyl sites for hydroxylation is 1. The van der Waals surface area contributed by atoms with Crippen LogP contribution >= 0.6 is 0 Å². The number of alkyl halides is 3. The van der Waals surface area contributed by atoms with E-state index in [9.17, 15) is 18.0 Å². The van der Waals surface area contributed by atoms with Crippen molar-refractivity contribution < 1.29 is 18.0 Å². The lowest BCUT2D eigenvalue weighted by Crippen LogP contribution is -2.26. The van der Waals surface area contributed by atoms with E-state index >= 15 is 0 Å². The third kappa shape index (κ3) is 2.85. The van der Waals surface area contributed by atoms with Gasteiger partial charge in [-0.05, 0) is 30.7 Å². The highest BCUT2D eigenvalue weighted by Crippen LogP contribution is 2.44. The van der Waals surface area contributed by atoms with E-state index in [1.807, 2.05) is 24.3 Å². The fourth-order valence-corrected chi connectivity index (χ4v) is 4.06. The van der Waals surface area contributed by atoms with E-state index in [4.69, 9.17) is 0 Å². The maximum Gasteiger partial charge on any atom is 0.416 e. The number of fused-ring (bicyclic) bond motifs is 2. The Balaban J connectivity index is 1.70. The second kappa shape index (κ2) is 6.45. The number of carbonyl (C=O) groups is 1. The van der Waals surface area contributed by atoms with Gasteiger partial charge in [0.25, 0.3) is 0 Å². The molecule has 0 bridgehead atoms. The molecule has 2 N–H and O–H groups in total. The minimum atomic E-state index is -4.52. The molecule has 6 nitrogen and oxygen atoms in total. The number of aromatic nitrogens is 4. The van der Waals surface area contributed by atoms with Crippen molar-refractivity contribution in [3.8, 4) is 5.95 Å². The van der Waals surface area contributed by atoms with Crippen molar-refractivity contribution in [2.24, 2.45) is 0 Å². The molecule has 0 saturated heterocycles. The zero-order valence-corrected chi connectivity index (χ0v) is 15.8. The summed E-state index contributed by atoms with van der Waals surface area (Å²) in [5.41, 5.74) is 1.92. The first kappa shape index (κ1) is 18.4. The number of benzene rings is 2. The Morgan fingerprint density at radius 3 is 2.60 bits per heavy atom. The van der Waals surface area contributed by atoms with Crippen LogP contribution in [-0.2, 0) is 11.0 Å². The van der Waals surface area contributed by atoms with Crippen molar-refractivity contribution in [1.29, 1.82) is 0 Å². The molecule has 5 rings (SSSR count). The van der Waals surface area contributed by atoms with Gasteiger partial charge in [0.15, 0.2) is 0 Å². The van der Waals surface area contributed by atoms with E-state index in [1.54, 1.807) is 13.0 Å². The topological polar surface area (TPSA) is 75.6 Å². The van der Waals surface area contributed by atoms with Crippen molar-refractivity contribution in [2.75, 3.05) is 5.32 Å². The van der Waals surface area contributed by atoms with Gasteiger partial charge in [-0.1, -0.05) is 30.3 Å². The molecule has 1 atom stereocenters.